The van der Waals surface area contributed by atoms with Gasteiger partial charge in [-0.25, -0.2) is 4.79 Å². The predicted octanol–water partition coefficient (Wildman–Crippen LogP) is 5.48. The Labute approximate surface area is 208 Å². The number of nitriles is 2. The number of methoxy groups -OCH3 is 1. The average molecular weight is 478 g/mol. The summed E-state index contributed by atoms with van der Waals surface area (Å²) in [6.07, 6.45) is 1.96. The van der Waals surface area contributed by atoms with Crippen LogP contribution in [0, 0.1) is 22.7 Å². The number of hydrogen-bond acceptors (Lipinski definition) is 6. The molecule has 0 aliphatic carbocycles. The van der Waals surface area contributed by atoms with E-state index < -0.39 is 6.03 Å². The third kappa shape index (κ3) is 6.58. The number of nitrogens with one attached hydrogen (secondary N) is 3. The molecule has 2 amide bonds. The van der Waals surface area contributed by atoms with Gasteiger partial charge in [-0.3, -0.25) is 10.9 Å². The van der Waals surface area contributed by atoms with Crippen molar-refractivity contribution < 1.29 is 14.3 Å². The first-order valence-corrected chi connectivity index (χ1v) is 11.6. The average Bonchev–Trinajstić information content (AvgIpc) is 2.86. The molecule has 0 aliphatic heterocycles. The molecule has 2 aromatic rings. The number of nitrogens with zero attached hydrogens (tertiary/aromatic N) is 2. The number of ether oxygens (including phenoxy) is 2. The number of hydrogen-bond donors (Lipinski definition) is 3. The Balaban J connectivity index is 2.08. The van der Waals surface area contributed by atoms with Gasteiger partial charge in [-0.05, 0) is 41.4 Å². The molecule has 0 saturated carbocycles. The van der Waals surface area contributed by atoms with Gasteiger partial charge < -0.3 is 14.8 Å². The van der Waals surface area contributed by atoms with Crippen molar-refractivity contribution in [2.45, 2.75) is 65.2 Å². The van der Waals surface area contributed by atoms with Crippen LogP contribution < -0.4 is 25.6 Å². The van der Waals surface area contributed by atoms with Crippen LogP contribution in [0.5, 0.6) is 11.5 Å². The van der Waals surface area contributed by atoms with Crippen molar-refractivity contribution in [1.82, 2.24) is 10.7 Å². The summed E-state index contributed by atoms with van der Waals surface area (Å²) in [7, 11) is 1.43. The fourth-order valence-corrected chi connectivity index (χ4v) is 3.38. The molecular weight excluding hydrogens is 442 g/mol. The molecule has 186 valence electrons. The van der Waals surface area contributed by atoms with Gasteiger partial charge in [0.2, 0.25) is 0 Å². The first-order chi connectivity index (χ1) is 16.5. The minimum absolute atomic E-state index is 0.0369. The molecule has 0 fully saturated rings. The summed E-state index contributed by atoms with van der Waals surface area (Å²) in [6.45, 7) is 13.1. The molecule has 0 spiro atoms. The first kappa shape index (κ1) is 27.3. The van der Waals surface area contributed by atoms with Crippen molar-refractivity contribution >= 4 is 11.7 Å². The molecule has 0 atom stereocenters. The first-order valence-electron chi connectivity index (χ1n) is 11.6. The maximum atomic E-state index is 12.3. The summed E-state index contributed by atoms with van der Waals surface area (Å²) in [5.41, 5.74) is 8.22. The van der Waals surface area contributed by atoms with Crippen LogP contribution in [0.1, 0.15) is 76.6 Å². The number of benzene rings is 2. The summed E-state index contributed by atoms with van der Waals surface area (Å²) in [6, 6.07) is 12.5. The van der Waals surface area contributed by atoms with Crippen molar-refractivity contribution in [3.05, 3.63) is 52.6 Å². The van der Waals surface area contributed by atoms with Crippen LogP contribution in [-0.4, -0.2) is 19.9 Å². The van der Waals surface area contributed by atoms with Gasteiger partial charge in [0, 0.05) is 11.6 Å². The zero-order valence-corrected chi connectivity index (χ0v) is 21.6. The second-order valence-electron chi connectivity index (χ2n) is 9.55. The van der Waals surface area contributed by atoms with Crippen molar-refractivity contribution in [1.29, 1.82) is 10.5 Å². The van der Waals surface area contributed by atoms with E-state index in [-0.39, 0.29) is 28.7 Å². The van der Waals surface area contributed by atoms with Gasteiger partial charge >= 0.3 is 6.03 Å². The number of carbonyl (C=O) groups is 1. The zero-order valence-electron chi connectivity index (χ0n) is 21.6. The van der Waals surface area contributed by atoms with Crippen molar-refractivity contribution in [3.8, 4) is 23.6 Å². The van der Waals surface area contributed by atoms with E-state index in [0.717, 1.165) is 24.2 Å². The predicted molar refractivity (Wildman–Crippen MR) is 136 cm³/mol. The number of rotatable bonds is 10. The van der Waals surface area contributed by atoms with E-state index in [0.29, 0.717) is 11.4 Å². The molecule has 0 bridgehead atoms. The van der Waals surface area contributed by atoms with Crippen LogP contribution in [0.2, 0.25) is 0 Å². The van der Waals surface area contributed by atoms with Crippen LogP contribution >= 0.6 is 0 Å². The van der Waals surface area contributed by atoms with Crippen LogP contribution in [0.3, 0.4) is 0 Å². The lowest BCUT2D eigenvalue weighted by Crippen LogP contribution is -2.41. The molecular formula is C27H35N5O3. The number of amides is 2. The standard InChI is InChI=1S/C27H35N5O3/c1-8-26(3,4)20-10-11-23(21(14-20)27(5,6)9-2)35-17-30-25(33)32-31-22-12-18(15-28)19(16-29)13-24(22)34-7/h10-14,31H,8-9,17H2,1-7H3,(H2,30,32,33). The molecule has 0 aliphatic rings. The second-order valence-corrected chi connectivity index (χ2v) is 9.55. The summed E-state index contributed by atoms with van der Waals surface area (Å²) < 4.78 is 11.2. The quantitative estimate of drug-likeness (QED) is 0.308. The maximum Gasteiger partial charge on any atom is 0.336 e. The minimum atomic E-state index is -0.532. The summed E-state index contributed by atoms with van der Waals surface area (Å²) in [5.74, 6) is 1.05. The Hall–Kier alpha value is -3.91. The molecule has 8 nitrogen and oxygen atoms in total. The fourth-order valence-electron chi connectivity index (χ4n) is 3.38. The molecule has 3 N–H and O–H groups in total. The van der Waals surface area contributed by atoms with Gasteiger partial charge in [-0.15, -0.1) is 0 Å². The monoisotopic (exact) mass is 477 g/mol. The summed E-state index contributed by atoms with van der Waals surface area (Å²) in [5, 5.41) is 21.0. The van der Waals surface area contributed by atoms with Crippen LogP contribution in [0.25, 0.3) is 0 Å². The van der Waals surface area contributed by atoms with Gasteiger partial charge in [0.25, 0.3) is 0 Å². The highest BCUT2D eigenvalue weighted by atomic mass is 16.5. The molecule has 0 saturated heterocycles. The molecule has 0 aromatic heterocycles. The minimum Gasteiger partial charge on any atom is -0.494 e. The molecule has 8 heteroatoms. The maximum absolute atomic E-state index is 12.3. The van der Waals surface area contributed by atoms with E-state index in [1.54, 1.807) is 0 Å². The van der Waals surface area contributed by atoms with E-state index in [1.807, 2.05) is 18.2 Å². The third-order valence-corrected chi connectivity index (χ3v) is 6.61. The van der Waals surface area contributed by atoms with E-state index in [4.69, 9.17) is 14.7 Å². The smallest absolute Gasteiger partial charge is 0.336 e. The van der Waals surface area contributed by atoms with E-state index in [1.165, 1.54) is 24.8 Å². The summed E-state index contributed by atoms with van der Waals surface area (Å²) in [4.78, 5) is 12.3. The lowest BCUT2D eigenvalue weighted by Gasteiger charge is -2.30. The molecule has 0 unspecified atom stereocenters. The zero-order chi connectivity index (χ0) is 26.2. The van der Waals surface area contributed by atoms with Gasteiger partial charge in [0.15, 0.2) is 6.73 Å². The lowest BCUT2D eigenvalue weighted by molar-refractivity contribution is 0.224. The summed E-state index contributed by atoms with van der Waals surface area (Å²) >= 11 is 0. The van der Waals surface area contributed by atoms with Crippen molar-refractivity contribution in [3.63, 3.8) is 0 Å². The molecule has 0 heterocycles. The third-order valence-electron chi connectivity index (χ3n) is 6.61. The van der Waals surface area contributed by atoms with Gasteiger partial charge in [0.05, 0.1) is 23.9 Å². The Kier molecular flexibility index (Phi) is 8.97. The second kappa shape index (κ2) is 11.5. The normalized spacial score (nSPS) is 11.1. The topological polar surface area (TPSA) is 119 Å². The Bertz CT molecular complexity index is 1140. The van der Waals surface area contributed by atoms with Crippen LogP contribution in [0.15, 0.2) is 30.3 Å². The Morgan fingerprint density at radius 1 is 0.943 bits per heavy atom. The molecule has 2 rings (SSSR count). The van der Waals surface area contributed by atoms with Gasteiger partial charge in [0.1, 0.15) is 23.6 Å². The van der Waals surface area contributed by atoms with Gasteiger partial charge in [-0.2, -0.15) is 10.5 Å². The van der Waals surface area contributed by atoms with E-state index >= 15 is 0 Å². The number of anilines is 1. The van der Waals surface area contributed by atoms with Crippen molar-refractivity contribution in [2.75, 3.05) is 19.3 Å². The number of carbonyl (C=O) groups excluding carboxylic acids is 1. The van der Waals surface area contributed by atoms with E-state index in [2.05, 4.69) is 69.8 Å². The lowest BCUT2D eigenvalue weighted by atomic mass is 9.76. The van der Waals surface area contributed by atoms with E-state index in [9.17, 15) is 10.1 Å². The molecule has 0 radical (unpaired) electrons. The molecule has 2 aromatic carbocycles. The Morgan fingerprint density at radius 3 is 2.14 bits per heavy atom. The Morgan fingerprint density at radius 2 is 1.57 bits per heavy atom. The van der Waals surface area contributed by atoms with Crippen LogP contribution in [-0.2, 0) is 10.8 Å². The fraction of sp³-hybridized carbons (Fsp3) is 0.444. The molecule has 35 heavy (non-hydrogen) atoms. The largest absolute Gasteiger partial charge is 0.494 e. The number of urea groups is 1. The highest BCUT2D eigenvalue weighted by Gasteiger charge is 2.26. The van der Waals surface area contributed by atoms with Crippen LogP contribution in [0.4, 0.5) is 10.5 Å². The van der Waals surface area contributed by atoms with Crippen molar-refractivity contribution in [2.24, 2.45) is 0 Å². The SMILES string of the molecule is CCC(C)(C)c1ccc(OCNC(=O)NNc2cc(C#N)c(C#N)cc2OC)c(C(C)(C)CC)c1. The highest BCUT2D eigenvalue weighted by Crippen LogP contribution is 2.38. The van der Waals surface area contributed by atoms with Gasteiger partial charge in [-0.1, -0.05) is 53.7 Å². The highest BCUT2D eigenvalue weighted by molar-refractivity contribution is 5.76. The number of hydrazine groups is 1.